The van der Waals surface area contributed by atoms with Crippen LogP contribution in [0.4, 0.5) is 4.39 Å². The Bertz CT molecular complexity index is 781. The molecule has 3 rings (SSSR count). The van der Waals surface area contributed by atoms with Crippen LogP contribution >= 0.6 is 22.7 Å². The van der Waals surface area contributed by atoms with Gasteiger partial charge in [0.25, 0.3) is 5.91 Å². The van der Waals surface area contributed by atoms with Gasteiger partial charge in [-0.1, -0.05) is 6.07 Å². The van der Waals surface area contributed by atoms with Gasteiger partial charge in [0, 0.05) is 20.2 Å². The second kappa shape index (κ2) is 7.04. The average molecular weight is 347 g/mol. The van der Waals surface area contributed by atoms with E-state index in [9.17, 15) is 14.3 Å². The summed E-state index contributed by atoms with van der Waals surface area (Å²) in [4.78, 5) is 14.7. The first-order valence-electron chi connectivity index (χ1n) is 6.97. The van der Waals surface area contributed by atoms with E-state index in [1.807, 2.05) is 29.6 Å². The number of carbonyl (C=O) groups excluding carboxylic acids is 1. The number of halogens is 1. The molecule has 0 radical (unpaired) electrons. The fourth-order valence-corrected chi connectivity index (χ4v) is 3.85. The van der Waals surface area contributed by atoms with Crippen molar-refractivity contribution in [2.24, 2.45) is 0 Å². The van der Waals surface area contributed by atoms with Crippen LogP contribution in [-0.2, 0) is 6.54 Å². The van der Waals surface area contributed by atoms with Crippen LogP contribution < -0.4 is 5.32 Å². The van der Waals surface area contributed by atoms with Crippen molar-refractivity contribution in [3.05, 3.63) is 79.9 Å². The van der Waals surface area contributed by atoms with Crippen LogP contribution in [0, 0.1) is 5.82 Å². The molecule has 2 N–H and O–H groups in total. The number of benzene rings is 1. The topological polar surface area (TPSA) is 49.3 Å². The Balaban J connectivity index is 1.61. The SMILES string of the molecule is O=C(NCc1ccc(C(O)c2cccs2)s1)c1ccc(F)cc1. The van der Waals surface area contributed by atoms with Gasteiger partial charge in [0.2, 0.25) is 0 Å². The van der Waals surface area contributed by atoms with Gasteiger partial charge in [0.1, 0.15) is 11.9 Å². The van der Waals surface area contributed by atoms with Crippen molar-refractivity contribution in [1.29, 1.82) is 0 Å². The number of thiophene rings is 2. The Labute approximate surface area is 141 Å². The Morgan fingerprint density at radius 1 is 1.13 bits per heavy atom. The van der Waals surface area contributed by atoms with E-state index >= 15 is 0 Å². The van der Waals surface area contributed by atoms with Gasteiger partial charge in [-0.3, -0.25) is 4.79 Å². The van der Waals surface area contributed by atoms with Crippen LogP contribution in [-0.4, -0.2) is 11.0 Å². The van der Waals surface area contributed by atoms with E-state index in [0.717, 1.165) is 14.6 Å². The molecule has 2 heterocycles. The summed E-state index contributed by atoms with van der Waals surface area (Å²) in [6.07, 6.45) is -0.624. The highest BCUT2D eigenvalue weighted by atomic mass is 32.1. The van der Waals surface area contributed by atoms with E-state index in [2.05, 4.69) is 5.32 Å². The molecule has 0 spiro atoms. The molecule has 23 heavy (non-hydrogen) atoms. The summed E-state index contributed by atoms with van der Waals surface area (Å²) in [5.41, 5.74) is 0.418. The molecule has 118 valence electrons. The fraction of sp³-hybridized carbons (Fsp3) is 0.118. The van der Waals surface area contributed by atoms with Gasteiger partial charge >= 0.3 is 0 Å². The van der Waals surface area contributed by atoms with Crippen molar-refractivity contribution in [3.8, 4) is 0 Å². The van der Waals surface area contributed by atoms with Crippen LogP contribution in [0.15, 0.2) is 53.9 Å². The fourth-order valence-electron chi connectivity index (χ4n) is 2.09. The minimum atomic E-state index is -0.624. The van der Waals surface area contributed by atoms with Gasteiger partial charge in [-0.15, -0.1) is 22.7 Å². The lowest BCUT2D eigenvalue weighted by Gasteiger charge is -2.05. The van der Waals surface area contributed by atoms with Crippen molar-refractivity contribution in [1.82, 2.24) is 5.32 Å². The third kappa shape index (κ3) is 3.85. The summed E-state index contributed by atoms with van der Waals surface area (Å²) in [5, 5.41) is 15.0. The molecule has 1 amide bonds. The standard InChI is InChI=1S/C17H14FNO2S2/c18-12-5-3-11(4-6-12)17(21)19-10-13-7-8-15(23-13)16(20)14-2-1-9-22-14/h1-9,16,20H,10H2,(H,19,21). The first-order valence-corrected chi connectivity index (χ1v) is 8.67. The Morgan fingerprint density at radius 2 is 1.91 bits per heavy atom. The first kappa shape index (κ1) is 15.9. The number of amides is 1. The summed E-state index contributed by atoms with van der Waals surface area (Å²) in [6, 6.07) is 13.0. The minimum absolute atomic E-state index is 0.251. The minimum Gasteiger partial charge on any atom is -0.382 e. The lowest BCUT2D eigenvalue weighted by molar-refractivity contribution is 0.0951. The number of carbonyl (C=O) groups is 1. The van der Waals surface area contributed by atoms with Crippen LogP contribution in [0.3, 0.4) is 0 Å². The van der Waals surface area contributed by atoms with E-state index in [1.54, 1.807) is 0 Å². The molecule has 0 aliphatic rings. The molecular weight excluding hydrogens is 333 g/mol. The van der Waals surface area contributed by atoms with Crippen LogP contribution in [0.1, 0.15) is 31.1 Å². The van der Waals surface area contributed by atoms with E-state index in [0.29, 0.717) is 12.1 Å². The predicted octanol–water partition coefficient (Wildman–Crippen LogP) is 3.96. The molecule has 0 aliphatic carbocycles. The predicted molar refractivity (Wildman–Crippen MR) is 90.3 cm³/mol. The van der Waals surface area contributed by atoms with Crippen molar-refractivity contribution >= 4 is 28.6 Å². The normalized spacial score (nSPS) is 12.1. The second-order valence-electron chi connectivity index (χ2n) is 4.91. The molecule has 1 aromatic carbocycles. The largest absolute Gasteiger partial charge is 0.382 e. The summed E-state index contributed by atoms with van der Waals surface area (Å²) in [7, 11) is 0. The molecule has 2 aromatic heterocycles. The first-order chi connectivity index (χ1) is 11.1. The molecule has 0 saturated carbocycles. The smallest absolute Gasteiger partial charge is 0.251 e. The molecule has 0 fully saturated rings. The van der Waals surface area contributed by atoms with Gasteiger partial charge in [-0.25, -0.2) is 4.39 Å². The summed E-state index contributed by atoms with van der Waals surface area (Å²) < 4.78 is 12.8. The molecule has 6 heteroatoms. The van der Waals surface area contributed by atoms with E-state index in [1.165, 1.54) is 46.9 Å². The number of aliphatic hydroxyl groups excluding tert-OH is 1. The third-order valence-electron chi connectivity index (χ3n) is 3.29. The number of hydrogen-bond acceptors (Lipinski definition) is 4. The van der Waals surface area contributed by atoms with E-state index in [4.69, 9.17) is 0 Å². The van der Waals surface area contributed by atoms with Crippen molar-refractivity contribution in [3.63, 3.8) is 0 Å². The molecule has 1 unspecified atom stereocenters. The second-order valence-corrected chi connectivity index (χ2v) is 7.09. The van der Waals surface area contributed by atoms with E-state index in [-0.39, 0.29) is 11.7 Å². The summed E-state index contributed by atoms with van der Waals surface area (Å²) in [5.74, 6) is -0.620. The van der Waals surface area contributed by atoms with Crippen molar-refractivity contribution < 1.29 is 14.3 Å². The zero-order valence-corrected chi connectivity index (χ0v) is 13.7. The van der Waals surface area contributed by atoms with E-state index < -0.39 is 6.10 Å². The number of nitrogens with one attached hydrogen (secondary N) is 1. The summed E-state index contributed by atoms with van der Waals surface area (Å²) in [6.45, 7) is 0.373. The highest BCUT2D eigenvalue weighted by molar-refractivity contribution is 7.12. The maximum absolute atomic E-state index is 12.8. The van der Waals surface area contributed by atoms with Gasteiger partial charge in [-0.05, 0) is 47.8 Å². The Morgan fingerprint density at radius 3 is 2.61 bits per heavy atom. The molecular formula is C17H14FNO2S2. The Hall–Kier alpha value is -2.02. The van der Waals surface area contributed by atoms with Gasteiger partial charge in [0.05, 0.1) is 6.54 Å². The van der Waals surface area contributed by atoms with Crippen molar-refractivity contribution in [2.45, 2.75) is 12.6 Å². The highest BCUT2D eigenvalue weighted by Crippen LogP contribution is 2.30. The van der Waals surface area contributed by atoms with Crippen LogP contribution in [0.25, 0.3) is 0 Å². The van der Waals surface area contributed by atoms with Crippen LogP contribution in [0.2, 0.25) is 0 Å². The number of aliphatic hydroxyl groups is 1. The zero-order chi connectivity index (χ0) is 16.2. The van der Waals surface area contributed by atoms with Crippen molar-refractivity contribution in [2.75, 3.05) is 0 Å². The highest BCUT2D eigenvalue weighted by Gasteiger charge is 2.14. The van der Waals surface area contributed by atoms with Gasteiger partial charge < -0.3 is 10.4 Å². The van der Waals surface area contributed by atoms with Crippen LogP contribution in [0.5, 0.6) is 0 Å². The number of rotatable bonds is 5. The molecule has 3 aromatic rings. The monoisotopic (exact) mass is 347 g/mol. The van der Waals surface area contributed by atoms with Gasteiger partial charge in [0.15, 0.2) is 0 Å². The molecule has 0 saturated heterocycles. The molecule has 3 nitrogen and oxygen atoms in total. The third-order valence-corrected chi connectivity index (χ3v) is 5.36. The molecule has 0 aliphatic heterocycles. The maximum atomic E-state index is 12.8. The number of hydrogen-bond donors (Lipinski definition) is 2. The summed E-state index contributed by atoms with van der Waals surface area (Å²) >= 11 is 2.97. The average Bonchev–Trinajstić information content (AvgIpc) is 3.24. The molecule has 0 bridgehead atoms. The lowest BCUT2D eigenvalue weighted by atomic mass is 10.2. The molecule has 1 atom stereocenters. The lowest BCUT2D eigenvalue weighted by Crippen LogP contribution is -2.22. The zero-order valence-electron chi connectivity index (χ0n) is 12.0. The quantitative estimate of drug-likeness (QED) is 0.734. The maximum Gasteiger partial charge on any atom is 0.251 e. The Kier molecular flexibility index (Phi) is 4.85. The van der Waals surface area contributed by atoms with Gasteiger partial charge in [-0.2, -0.15) is 0 Å².